The number of furan rings is 1. The van der Waals surface area contributed by atoms with Crippen LogP contribution >= 0.6 is 0 Å². The third-order valence-electron chi connectivity index (χ3n) is 5.43. The summed E-state index contributed by atoms with van der Waals surface area (Å²) in [6.07, 6.45) is 2.51. The monoisotopic (exact) mass is 421 g/mol. The normalized spacial score (nSPS) is 15.8. The van der Waals surface area contributed by atoms with Crippen molar-refractivity contribution in [3.8, 4) is 5.75 Å². The lowest BCUT2D eigenvalue weighted by molar-refractivity contribution is 0.0526. The topological polar surface area (TPSA) is 111 Å². The molecule has 1 saturated heterocycles. The van der Waals surface area contributed by atoms with E-state index >= 15 is 0 Å². The van der Waals surface area contributed by atoms with Crippen LogP contribution in [0.3, 0.4) is 0 Å². The molecule has 3 aromatic rings. The van der Waals surface area contributed by atoms with E-state index in [4.69, 9.17) is 25.0 Å². The molecular weight excluding hydrogens is 394 g/mol. The van der Waals surface area contributed by atoms with Crippen molar-refractivity contribution in [1.82, 2.24) is 5.32 Å². The number of amidine groups is 1. The van der Waals surface area contributed by atoms with Crippen molar-refractivity contribution in [3.05, 3.63) is 64.9 Å². The molecule has 7 nitrogen and oxygen atoms in total. The first-order valence-electron chi connectivity index (χ1n) is 10.6. The summed E-state index contributed by atoms with van der Waals surface area (Å²) >= 11 is 0. The van der Waals surface area contributed by atoms with E-state index in [1.165, 1.54) is 0 Å². The van der Waals surface area contributed by atoms with Gasteiger partial charge in [0.05, 0.1) is 6.61 Å². The second-order valence-corrected chi connectivity index (χ2v) is 7.62. The van der Waals surface area contributed by atoms with E-state index in [1.54, 1.807) is 25.1 Å². The number of carbonyl (C=O) groups excluding carboxylic acids is 1. The number of carbonyl (C=O) groups is 1. The van der Waals surface area contributed by atoms with Gasteiger partial charge in [-0.2, -0.15) is 0 Å². The zero-order chi connectivity index (χ0) is 21.8. The van der Waals surface area contributed by atoms with Crippen molar-refractivity contribution in [2.75, 3.05) is 19.7 Å². The molecular formula is C24H27N3O4. The second kappa shape index (κ2) is 9.22. The van der Waals surface area contributed by atoms with Crippen molar-refractivity contribution >= 4 is 22.8 Å². The van der Waals surface area contributed by atoms with E-state index in [0.29, 0.717) is 40.7 Å². The zero-order valence-corrected chi connectivity index (χ0v) is 17.6. The van der Waals surface area contributed by atoms with Gasteiger partial charge in [0.2, 0.25) is 0 Å². The first kappa shape index (κ1) is 20.9. The minimum absolute atomic E-state index is 0.0600. The van der Waals surface area contributed by atoms with Gasteiger partial charge in [-0.25, -0.2) is 4.79 Å². The van der Waals surface area contributed by atoms with Crippen molar-refractivity contribution in [2.45, 2.75) is 32.3 Å². The highest BCUT2D eigenvalue weighted by atomic mass is 16.5. The van der Waals surface area contributed by atoms with Crippen LogP contribution in [0.2, 0.25) is 0 Å². The lowest BCUT2D eigenvalue weighted by Crippen LogP contribution is -2.19. The highest BCUT2D eigenvalue weighted by Gasteiger charge is 2.22. The number of hydrogen-bond acceptors (Lipinski definition) is 6. The average molecular weight is 421 g/mol. The SMILES string of the molecule is CCOC(=O)c1c(CCc2ccc(O[C@H]3CCNC3)cc2)oc2ccc(C(=N)N)cc12. The molecule has 4 N–H and O–H groups in total. The summed E-state index contributed by atoms with van der Waals surface area (Å²) < 4.78 is 17.2. The molecule has 0 unspecified atom stereocenters. The van der Waals surface area contributed by atoms with Gasteiger partial charge in [0.15, 0.2) is 0 Å². The number of fused-ring (bicyclic) bond motifs is 1. The van der Waals surface area contributed by atoms with Crippen LogP contribution < -0.4 is 15.8 Å². The Kier molecular flexibility index (Phi) is 6.23. The van der Waals surface area contributed by atoms with E-state index < -0.39 is 5.97 Å². The zero-order valence-electron chi connectivity index (χ0n) is 17.6. The van der Waals surface area contributed by atoms with E-state index in [2.05, 4.69) is 5.32 Å². The average Bonchev–Trinajstić information content (AvgIpc) is 3.40. The van der Waals surface area contributed by atoms with E-state index in [1.807, 2.05) is 24.3 Å². The van der Waals surface area contributed by atoms with Crippen LogP contribution in [0.1, 0.15) is 40.6 Å². The molecule has 2 aromatic carbocycles. The summed E-state index contributed by atoms with van der Waals surface area (Å²) in [4.78, 5) is 12.7. The molecule has 0 saturated carbocycles. The molecule has 1 aliphatic heterocycles. The van der Waals surface area contributed by atoms with E-state index in [9.17, 15) is 4.79 Å². The van der Waals surface area contributed by atoms with Crippen LogP contribution in [-0.4, -0.2) is 37.6 Å². The minimum Gasteiger partial charge on any atom is -0.489 e. The molecule has 1 atom stereocenters. The largest absolute Gasteiger partial charge is 0.489 e. The summed E-state index contributed by atoms with van der Waals surface area (Å²) in [7, 11) is 0. The fourth-order valence-electron chi connectivity index (χ4n) is 3.83. The fourth-order valence-corrected chi connectivity index (χ4v) is 3.83. The number of hydrogen-bond donors (Lipinski definition) is 3. The van der Waals surface area contributed by atoms with Crippen LogP contribution in [0.4, 0.5) is 0 Å². The predicted molar refractivity (Wildman–Crippen MR) is 119 cm³/mol. The van der Waals surface area contributed by atoms with Gasteiger partial charge in [-0.1, -0.05) is 12.1 Å². The fraction of sp³-hybridized carbons (Fsp3) is 0.333. The summed E-state index contributed by atoms with van der Waals surface area (Å²) in [5, 5.41) is 11.6. The molecule has 0 amide bonds. The number of esters is 1. The Balaban J connectivity index is 1.53. The van der Waals surface area contributed by atoms with Gasteiger partial charge in [-0.3, -0.25) is 5.41 Å². The quantitative estimate of drug-likeness (QED) is 0.292. The molecule has 1 aromatic heterocycles. The van der Waals surface area contributed by atoms with Crippen LogP contribution in [0, 0.1) is 5.41 Å². The van der Waals surface area contributed by atoms with E-state index in [0.717, 1.165) is 30.8 Å². The number of nitrogen functional groups attached to an aromatic ring is 1. The maximum Gasteiger partial charge on any atom is 0.342 e. The number of rotatable bonds is 8. The lowest BCUT2D eigenvalue weighted by atomic mass is 10.0. The highest BCUT2D eigenvalue weighted by Crippen LogP contribution is 2.29. The standard InChI is InChI=1S/C24H27N3O4/c1-2-29-24(28)22-19-13-16(23(25)26)6-10-20(19)31-21(22)9-5-15-3-7-17(8-4-15)30-18-11-12-27-14-18/h3-4,6-8,10,13,18,27H,2,5,9,11-12,14H2,1H3,(H3,25,26)/t18-/m0/s1. The van der Waals surface area contributed by atoms with Gasteiger partial charge in [0, 0.05) is 23.9 Å². The van der Waals surface area contributed by atoms with Crippen molar-refractivity contribution < 1.29 is 18.7 Å². The third kappa shape index (κ3) is 4.72. The molecule has 0 aliphatic carbocycles. The summed E-state index contributed by atoms with van der Waals surface area (Å²) in [5.41, 5.74) is 8.27. The highest BCUT2D eigenvalue weighted by molar-refractivity contribution is 6.07. The maximum atomic E-state index is 12.7. The summed E-state index contributed by atoms with van der Waals surface area (Å²) in [6.45, 7) is 3.92. The van der Waals surface area contributed by atoms with Gasteiger partial charge in [-0.15, -0.1) is 0 Å². The van der Waals surface area contributed by atoms with Gasteiger partial charge in [0.25, 0.3) is 0 Å². The minimum atomic E-state index is -0.425. The molecule has 0 radical (unpaired) electrons. The summed E-state index contributed by atoms with van der Waals surface area (Å²) in [5.74, 6) is 0.956. The van der Waals surface area contributed by atoms with Gasteiger partial charge in [0.1, 0.15) is 34.6 Å². The molecule has 31 heavy (non-hydrogen) atoms. The Morgan fingerprint density at radius 1 is 1.23 bits per heavy atom. The van der Waals surface area contributed by atoms with Gasteiger partial charge >= 0.3 is 5.97 Å². The van der Waals surface area contributed by atoms with Crippen LogP contribution in [-0.2, 0) is 17.6 Å². The molecule has 1 fully saturated rings. The Labute approximate surface area is 181 Å². The lowest BCUT2D eigenvalue weighted by Gasteiger charge is -2.12. The maximum absolute atomic E-state index is 12.7. The predicted octanol–water partition coefficient (Wildman–Crippen LogP) is 3.42. The van der Waals surface area contributed by atoms with Crippen LogP contribution in [0.5, 0.6) is 5.75 Å². The first-order chi connectivity index (χ1) is 15.0. The van der Waals surface area contributed by atoms with Crippen molar-refractivity contribution in [3.63, 3.8) is 0 Å². The third-order valence-corrected chi connectivity index (χ3v) is 5.43. The van der Waals surface area contributed by atoms with Crippen LogP contribution in [0.25, 0.3) is 11.0 Å². The molecule has 7 heteroatoms. The van der Waals surface area contributed by atoms with Crippen molar-refractivity contribution in [2.24, 2.45) is 5.73 Å². The Morgan fingerprint density at radius 2 is 2.03 bits per heavy atom. The number of nitrogens with two attached hydrogens (primary N) is 1. The van der Waals surface area contributed by atoms with Gasteiger partial charge in [-0.05, 0) is 62.2 Å². The number of benzene rings is 2. The Morgan fingerprint density at radius 3 is 2.71 bits per heavy atom. The number of nitrogens with one attached hydrogen (secondary N) is 2. The molecule has 2 heterocycles. The van der Waals surface area contributed by atoms with E-state index in [-0.39, 0.29) is 18.5 Å². The van der Waals surface area contributed by atoms with Crippen LogP contribution in [0.15, 0.2) is 46.9 Å². The molecule has 4 rings (SSSR count). The Hall–Kier alpha value is -3.32. The summed E-state index contributed by atoms with van der Waals surface area (Å²) in [6, 6.07) is 13.2. The molecule has 0 spiro atoms. The second-order valence-electron chi connectivity index (χ2n) is 7.62. The van der Waals surface area contributed by atoms with Gasteiger partial charge < -0.3 is 24.9 Å². The molecule has 0 bridgehead atoms. The van der Waals surface area contributed by atoms with Crippen molar-refractivity contribution in [1.29, 1.82) is 5.41 Å². The first-order valence-corrected chi connectivity index (χ1v) is 10.6. The number of ether oxygens (including phenoxy) is 2. The Bertz CT molecular complexity index is 1080. The number of aryl methyl sites for hydroxylation is 2. The molecule has 1 aliphatic rings. The smallest absolute Gasteiger partial charge is 0.342 e. The molecule has 162 valence electrons.